The molecule has 0 fully saturated rings. The van der Waals surface area contributed by atoms with Crippen molar-refractivity contribution in [2.45, 2.75) is 38.6 Å². The Morgan fingerprint density at radius 2 is 2.28 bits per heavy atom. The van der Waals surface area contributed by atoms with Gasteiger partial charge in [-0.3, -0.25) is 0 Å². The Hall–Kier alpha value is -1.04. The lowest BCUT2D eigenvalue weighted by Crippen LogP contribution is -2.23. The zero-order chi connectivity index (χ0) is 13.4. The fraction of sp³-hybridized carbons (Fsp3) is 0.467. The number of hydrogen-bond donors (Lipinski definition) is 1. The molecule has 0 aromatic heterocycles. The molecule has 0 amide bonds. The molecule has 1 atom stereocenters. The summed E-state index contributed by atoms with van der Waals surface area (Å²) in [6.45, 7) is 2.92. The van der Waals surface area contributed by atoms with Gasteiger partial charge in [-0.25, -0.2) is 4.39 Å². The molecule has 0 bridgehead atoms. The fourth-order valence-corrected chi connectivity index (χ4v) is 2.21. The Morgan fingerprint density at radius 1 is 1.50 bits per heavy atom. The zero-order valence-corrected chi connectivity index (χ0v) is 11.4. The van der Waals surface area contributed by atoms with Crippen molar-refractivity contribution in [3.8, 4) is 12.3 Å². The number of halogens is 2. The van der Waals surface area contributed by atoms with Gasteiger partial charge in [0.05, 0.1) is 0 Å². The first-order chi connectivity index (χ1) is 8.70. The highest BCUT2D eigenvalue weighted by Crippen LogP contribution is 2.29. The molecule has 3 heteroatoms. The van der Waals surface area contributed by atoms with Crippen molar-refractivity contribution in [2.75, 3.05) is 6.54 Å². The van der Waals surface area contributed by atoms with Gasteiger partial charge in [-0.1, -0.05) is 24.6 Å². The van der Waals surface area contributed by atoms with Crippen LogP contribution in [0.4, 0.5) is 4.39 Å². The van der Waals surface area contributed by atoms with E-state index < -0.39 is 0 Å². The molecular weight excluding hydrogens is 249 g/mol. The molecule has 0 heterocycles. The Balaban J connectivity index is 2.83. The molecule has 1 aromatic rings. The van der Waals surface area contributed by atoms with E-state index in [1.165, 1.54) is 6.07 Å². The van der Waals surface area contributed by atoms with Crippen molar-refractivity contribution in [1.29, 1.82) is 0 Å². The molecule has 1 unspecified atom stereocenters. The average molecular weight is 268 g/mol. The maximum absolute atomic E-state index is 13.9. The normalized spacial score (nSPS) is 12.1. The second kappa shape index (κ2) is 8.13. The number of unbranched alkanes of at least 4 members (excludes halogenated alkanes) is 1. The van der Waals surface area contributed by atoms with Crippen molar-refractivity contribution in [1.82, 2.24) is 5.32 Å². The van der Waals surface area contributed by atoms with Crippen LogP contribution in [-0.4, -0.2) is 6.54 Å². The summed E-state index contributed by atoms with van der Waals surface area (Å²) in [5.41, 5.74) is 0.560. The van der Waals surface area contributed by atoms with E-state index in [0.717, 1.165) is 25.8 Å². The van der Waals surface area contributed by atoms with Crippen LogP contribution in [-0.2, 0) is 0 Å². The number of benzene rings is 1. The first-order valence-electron chi connectivity index (χ1n) is 6.31. The lowest BCUT2D eigenvalue weighted by molar-refractivity contribution is 0.464. The van der Waals surface area contributed by atoms with Gasteiger partial charge in [0, 0.05) is 23.0 Å². The van der Waals surface area contributed by atoms with E-state index in [1.807, 2.05) is 0 Å². The molecule has 1 N–H and O–H groups in total. The van der Waals surface area contributed by atoms with E-state index in [2.05, 4.69) is 18.2 Å². The molecular formula is C15H19ClFN. The monoisotopic (exact) mass is 267 g/mol. The minimum Gasteiger partial charge on any atom is -0.310 e. The van der Waals surface area contributed by atoms with Crippen LogP contribution in [0.2, 0.25) is 5.02 Å². The van der Waals surface area contributed by atoms with E-state index in [9.17, 15) is 4.39 Å². The van der Waals surface area contributed by atoms with Crippen LogP contribution < -0.4 is 5.32 Å². The lowest BCUT2D eigenvalue weighted by Gasteiger charge is -2.20. The van der Waals surface area contributed by atoms with Crippen molar-refractivity contribution in [2.24, 2.45) is 0 Å². The summed E-state index contributed by atoms with van der Waals surface area (Å²) in [5.74, 6) is 2.35. The van der Waals surface area contributed by atoms with Crippen molar-refractivity contribution in [3.63, 3.8) is 0 Å². The van der Waals surface area contributed by atoms with Crippen LogP contribution in [0.15, 0.2) is 18.2 Å². The first kappa shape index (κ1) is 15.0. The molecule has 98 valence electrons. The van der Waals surface area contributed by atoms with Crippen LogP contribution >= 0.6 is 11.6 Å². The first-order valence-corrected chi connectivity index (χ1v) is 6.69. The van der Waals surface area contributed by atoms with Gasteiger partial charge >= 0.3 is 0 Å². The van der Waals surface area contributed by atoms with Crippen molar-refractivity contribution < 1.29 is 4.39 Å². The molecule has 0 aliphatic rings. The molecule has 18 heavy (non-hydrogen) atoms. The SMILES string of the molecule is C#CCCCC(NCCC)c1c(F)cccc1Cl. The summed E-state index contributed by atoms with van der Waals surface area (Å²) in [6.07, 6.45) is 8.61. The molecule has 0 spiro atoms. The van der Waals surface area contributed by atoms with Crippen LogP contribution in [0.3, 0.4) is 0 Å². The molecule has 1 nitrogen and oxygen atoms in total. The van der Waals surface area contributed by atoms with E-state index in [-0.39, 0.29) is 11.9 Å². The van der Waals surface area contributed by atoms with Crippen LogP contribution in [0.5, 0.6) is 0 Å². The molecule has 1 aromatic carbocycles. The van der Waals surface area contributed by atoms with Gasteiger partial charge in [0.2, 0.25) is 0 Å². The van der Waals surface area contributed by atoms with Gasteiger partial charge < -0.3 is 5.32 Å². The highest BCUT2D eigenvalue weighted by molar-refractivity contribution is 6.31. The van der Waals surface area contributed by atoms with Crippen LogP contribution in [0.25, 0.3) is 0 Å². The summed E-state index contributed by atoms with van der Waals surface area (Å²) in [5, 5.41) is 3.81. The van der Waals surface area contributed by atoms with Gasteiger partial charge in [0.25, 0.3) is 0 Å². The quantitative estimate of drug-likeness (QED) is 0.573. The fourth-order valence-electron chi connectivity index (χ4n) is 1.92. The summed E-state index contributed by atoms with van der Waals surface area (Å²) < 4.78 is 13.9. The molecule has 0 aliphatic carbocycles. The lowest BCUT2D eigenvalue weighted by atomic mass is 10.00. The summed E-state index contributed by atoms with van der Waals surface area (Å²) >= 11 is 6.10. The number of nitrogens with one attached hydrogen (secondary N) is 1. The van der Waals surface area contributed by atoms with Crippen molar-refractivity contribution >= 4 is 11.6 Å². The second-order valence-electron chi connectivity index (χ2n) is 4.24. The van der Waals surface area contributed by atoms with Crippen LogP contribution in [0.1, 0.15) is 44.2 Å². The van der Waals surface area contributed by atoms with Gasteiger partial charge in [-0.15, -0.1) is 12.3 Å². The maximum atomic E-state index is 13.9. The molecule has 0 saturated heterocycles. The van der Waals surface area contributed by atoms with Gasteiger partial charge in [0.1, 0.15) is 5.82 Å². The van der Waals surface area contributed by atoms with Gasteiger partial charge in [-0.2, -0.15) is 0 Å². The predicted molar refractivity (Wildman–Crippen MR) is 75.1 cm³/mol. The Labute approximate surface area is 114 Å². The second-order valence-corrected chi connectivity index (χ2v) is 4.65. The van der Waals surface area contributed by atoms with Gasteiger partial charge in [0.15, 0.2) is 0 Å². The molecule has 1 rings (SSSR count). The van der Waals surface area contributed by atoms with Crippen molar-refractivity contribution in [3.05, 3.63) is 34.6 Å². The van der Waals surface area contributed by atoms with E-state index in [1.54, 1.807) is 12.1 Å². The smallest absolute Gasteiger partial charge is 0.129 e. The highest BCUT2D eigenvalue weighted by atomic mass is 35.5. The Morgan fingerprint density at radius 3 is 2.89 bits per heavy atom. The summed E-state index contributed by atoms with van der Waals surface area (Å²) in [7, 11) is 0. The minimum absolute atomic E-state index is 0.0630. The number of hydrogen-bond acceptors (Lipinski definition) is 1. The zero-order valence-electron chi connectivity index (χ0n) is 10.7. The standard InChI is InChI=1S/C15H19ClFN/c1-3-5-6-10-14(18-11-4-2)15-12(16)8-7-9-13(15)17/h1,7-9,14,18H,4-6,10-11H2,2H3. The minimum atomic E-state index is -0.253. The maximum Gasteiger partial charge on any atom is 0.129 e. The largest absolute Gasteiger partial charge is 0.310 e. The molecule has 0 aliphatic heterocycles. The highest BCUT2D eigenvalue weighted by Gasteiger charge is 2.17. The Bertz CT molecular complexity index is 391. The van der Waals surface area contributed by atoms with E-state index >= 15 is 0 Å². The van der Waals surface area contributed by atoms with Gasteiger partial charge in [-0.05, 0) is 37.9 Å². The Kier molecular flexibility index (Phi) is 6.78. The third-order valence-electron chi connectivity index (χ3n) is 2.80. The number of rotatable bonds is 7. The predicted octanol–water partition coefficient (Wildman–Crippen LogP) is 4.32. The molecule has 0 saturated carbocycles. The third kappa shape index (κ3) is 4.33. The van der Waals surface area contributed by atoms with E-state index in [0.29, 0.717) is 17.0 Å². The molecule has 0 radical (unpaired) electrons. The third-order valence-corrected chi connectivity index (χ3v) is 3.13. The topological polar surface area (TPSA) is 12.0 Å². The summed E-state index contributed by atoms with van der Waals surface area (Å²) in [6, 6.07) is 4.73. The van der Waals surface area contributed by atoms with E-state index in [4.69, 9.17) is 18.0 Å². The summed E-state index contributed by atoms with van der Waals surface area (Å²) in [4.78, 5) is 0. The van der Waals surface area contributed by atoms with Crippen LogP contribution in [0, 0.1) is 18.2 Å². The average Bonchev–Trinajstić information content (AvgIpc) is 2.35. The number of terminal acetylenes is 1.